The average molecular weight is 339 g/mol. The molecular formula is C15H16BrFN2O. The van der Waals surface area contributed by atoms with Gasteiger partial charge in [0.1, 0.15) is 11.6 Å². The normalized spacial score (nSPS) is 12.2. The molecule has 1 atom stereocenters. The van der Waals surface area contributed by atoms with Crippen LogP contribution in [0.15, 0.2) is 40.9 Å². The summed E-state index contributed by atoms with van der Waals surface area (Å²) in [7, 11) is 1.50. The maximum Gasteiger partial charge on any atom is 0.132 e. The van der Waals surface area contributed by atoms with Crippen molar-refractivity contribution < 1.29 is 9.13 Å². The Morgan fingerprint density at radius 3 is 2.45 bits per heavy atom. The van der Waals surface area contributed by atoms with E-state index in [1.165, 1.54) is 13.2 Å². The van der Waals surface area contributed by atoms with Gasteiger partial charge in [-0.15, -0.1) is 0 Å². The second-order valence-electron chi connectivity index (χ2n) is 4.51. The van der Waals surface area contributed by atoms with E-state index in [1.54, 1.807) is 12.1 Å². The summed E-state index contributed by atoms with van der Waals surface area (Å²) in [6.45, 7) is 1.99. The van der Waals surface area contributed by atoms with Crippen LogP contribution in [0.1, 0.15) is 22.7 Å². The van der Waals surface area contributed by atoms with Gasteiger partial charge in [-0.1, -0.05) is 34.1 Å². The van der Waals surface area contributed by atoms with Gasteiger partial charge in [-0.3, -0.25) is 5.84 Å². The van der Waals surface area contributed by atoms with Gasteiger partial charge < -0.3 is 4.74 Å². The minimum absolute atomic E-state index is 0.361. The lowest BCUT2D eigenvalue weighted by Gasteiger charge is -2.19. The molecule has 2 aromatic carbocycles. The molecule has 2 aromatic rings. The van der Waals surface area contributed by atoms with Crippen molar-refractivity contribution in [1.82, 2.24) is 5.43 Å². The van der Waals surface area contributed by atoms with Crippen LogP contribution in [0.25, 0.3) is 0 Å². The zero-order chi connectivity index (χ0) is 14.7. The summed E-state index contributed by atoms with van der Waals surface area (Å²) >= 11 is 3.50. The van der Waals surface area contributed by atoms with Gasteiger partial charge in [-0.25, -0.2) is 9.82 Å². The molecular weight excluding hydrogens is 323 g/mol. The second kappa shape index (κ2) is 6.35. The number of aryl methyl sites for hydroxylation is 1. The van der Waals surface area contributed by atoms with Crippen LogP contribution in [0.5, 0.6) is 5.75 Å². The Kier molecular flexibility index (Phi) is 4.75. The molecule has 0 amide bonds. The van der Waals surface area contributed by atoms with Crippen LogP contribution in [-0.2, 0) is 0 Å². The first-order valence-corrected chi connectivity index (χ1v) is 6.91. The number of hydrazine groups is 1. The molecule has 106 valence electrons. The van der Waals surface area contributed by atoms with Gasteiger partial charge in [-0.2, -0.15) is 0 Å². The smallest absolute Gasteiger partial charge is 0.132 e. The topological polar surface area (TPSA) is 47.3 Å². The zero-order valence-corrected chi connectivity index (χ0v) is 12.9. The van der Waals surface area contributed by atoms with Crippen molar-refractivity contribution >= 4 is 15.9 Å². The molecule has 0 bridgehead atoms. The van der Waals surface area contributed by atoms with E-state index in [0.29, 0.717) is 11.3 Å². The van der Waals surface area contributed by atoms with Crippen molar-refractivity contribution in [1.29, 1.82) is 0 Å². The molecule has 3 nitrogen and oxygen atoms in total. The third-order valence-corrected chi connectivity index (χ3v) is 3.84. The van der Waals surface area contributed by atoms with Crippen LogP contribution < -0.4 is 16.0 Å². The summed E-state index contributed by atoms with van der Waals surface area (Å²) < 4.78 is 20.1. The summed E-state index contributed by atoms with van der Waals surface area (Å²) in [4.78, 5) is 0. The van der Waals surface area contributed by atoms with E-state index in [2.05, 4.69) is 21.4 Å². The summed E-state index contributed by atoms with van der Waals surface area (Å²) in [6.07, 6.45) is 0. The number of hydrogen-bond donors (Lipinski definition) is 2. The molecule has 20 heavy (non-hydrogen) atoms. The second-order valence-corrected chi connectivity index (χ2v) is 5.37. The van der Waals surface area contributed by atoms with E-state index in [1.807, 2.05) is 25.1 Å². The third kappa shape index (κ3) is 3.00. The van der Waals surface area contributed by atoms with Gasteiger partial charge in [0.05, 0.1) is 13.2 Å². The van der Waals surface area contributed by atoms with Crippen LogP contribution in [0, 0.1) is 12.7 Å². The molecule has 0 aliphatic rings. The van der Waals surface area contributed by atoms with Crippen molar-refractivity contribution in [3.63, 3.8) is 0 Å². The lowest BCUT2D eigenvalue weighted by molar-refractivity contribution is 0.410. The first-order chi connectivity index (χ1) is 9.56. The van der Waals surface area contributed by atoms with Gasteiger partial charge in [0, 0.05) is 16.1 Å². The minimum atomic E-state index is -0.434. The van der Waals surface area contributed by atoms with Gasteiger partial charge >= 0.3 is 0 Å². The molecule has 1 unspecified atom stereocenters. The highest BCUT2D eigenvalue weighted by atomic mass is 79.9. The fourth-order valence-corrected chi connectivity index (χ4v) is 2.80. The number of nitrogens with one attached hydrogen (secondary N) is 1. The lowest BCUT2D eigenvalue weighted by Crippen LogP contribution is -2.29. The molecule has 2 rings (SSSR count). The molecule has 0 saturated carbocycles. The van der Waals surface area contributed by atoms with Gasteiger partial charge in [0.15, 0.2) is 0 Å². The fraction of sp³-hybridized carbons (Fsp3) is 0.200. The molecule has 0 heterocycles. The first-order valence-electron chi connectivity index (χ1n) is 6.12. The molecule has 0 aliphatic heterocycles. The van der Waals surface area contributed by atoms with Crippen LogP contribution in [0.4, 0.5) is 4.39 Å². The van der Waals surface area contributed by atoms with Crippen LogP contribution in [-0.4, -0.2) is 7.11 Å². The highest BCUT2D eigenvalue weighted by Crippen LogP contribution is 2.31. The zero-order valence-electron chi connectivity index (χ0n) is 11.3. The number of halogens is 2. The Bertz CT molecular complexity index is 619. The van der Waals surface area contributed by atoms with Crippen molar-refractivity contribution in [3.8, 4) is 5.75 Å². The molecule has 0 aliphatic carbocycles. The molecule has 0 radical (unpaired) electrons. The fourth-order valence-electron chi connectivity index (χ4n) is 2.08. The Morgan fingerprint density at radius 1 is 1.20 bits per heavy atom. The van der Waals surface area contributed by atoms with Crippen LogP contribution in [0.3, 0.4) is 0 Å². The minimum Gasteiger partial charge on any atom is -0.497 e. The number of hydrogen-bond acceptors (Lipinski definition) is 3. The maximum atomic E-state index is 14.2. The summed E-state index contributed by atoms with van der Waals surface area (Å²) in [5.74, 6) is 5.73. The predicted molar refractivity (Wildman–Crippen MR) is 81.0 cm³/mol. The number of ether oxygens (including phenoxy) is 1. The molecule has 0 aromatic heterocycles. The Balaban J connectivity index is 2.47. The summed E-state index contributed by atoms with van der Waals surface area (Å²) in [6, 6.07) is 10.2. The lowest BCUT2D eigenvalue weighted by atomic mass is 9.98. The molecule has 3 N–H and O–H groups in total. The van der Waals surface area contributed by atoms with E-state index < -0.39 is 6.04 Å². The molecule has 5 heteroatoms. The SMILES string of the molecule is COc1ccc(C(NN)c2ccc(C)cc2Br)c(F)c1. The summed E-state index contributed by atoms with van der Waals surface area (Å²) in [5, 5.41) is 0. The van der Waals surface area contributed by atoms with E-state index in [9.17, 15) is 4.39 Å². The predicted octanol–water partition coefficient (Wildman–Crippen LogP) is 3.46. The van der Waals surface area contributed by atoms with Crippen molar-refractivity contribution in [2.75, 3.05) is 7.11 Å². The largest absolute Gasteiger partial charge is 0.497 e. The number of nitrogens with two attached hydrogens (primary N) is 1. The van der Waals surface area contributed by atoms with Crippen LogP contribution >= 0.6 is 15.9 Å². The van der Waals surface area contributed by atoms with Gasteiger partial charge in [0.25, 0.3) is 0 Å². The van der Waals surface area contributed by atoms with Crippen molar-refractivity contribution in [2.45, 2.75) is 13.0 Å². The maximum absolute atomic E-state index is 14.2. The number of methoxy groups -OCH3 is 1. The Morgan fingerprint density at radius 2 is 1.90 bits per heavy atom. The molecule has 0 fully saturated rings. The van der Waals surface area contributed by atoms with Crippen molar-refractivity contribution in [2.24, 2.45) is 5.84 Å². The Labute approximate surface area is 126 Å². The highest BCUT2D eigenvalue weighted by Gasteiger charge is 2.19. The first kappa shape index (κ1) is 15.0. The molecule has 0 spiro atoms. The summed E-state index contributed by atoms with van der Waals surface area (Å²) in [5.41, 5.74) is 5.13. The quantitative estimate of drug-likeness (QED) is 0.663. The van der Waals surface area contributed by atoms with E-state index in [4.69, 9.17) is 10.6 Å². The highest BCUT2D eigenvalue weighted by molar-refractivity contribution is 9.10. The standard InChI is InChI=1S/C15H16BrFN2O/c1-9-3-5-11(13(16)7-9)15(19-18)12-6-4-10(20-2)8-14(12)17/h3-8,15,19H,18H2,1-2H3. The van der Waals surface area contributed by atoms with E-state index >= 15 is 0 Å². The number of benzene rings is 2. The molecule has 0 saturated heterocycles. The Hall–Kier alpha value is -1.43. The van der Waals surface area contributed by atoms with Crippen LogP contribution in [0.2, 0.25) is 0 Å². The number of rotatable bonds is 4. The average Bonchev–Trinajstić information content (AvgIpc) is 2.43. The van der Waals surface area contributed by atoms with E-state index in [0.717, 1.165) is 15.6 Å². The van der Waals surface area contributed by atoms with E-state index in [-0.39, 0.29) is 5.82 Å². The third-order valence-electron chi connectivity index (χ3n) is 3.15. The van der Waals surface area contributed by atoms with Crippen molar-refractivity contribution in [3.05, 3.63) is 63.4 Å². The van der Waals surface area contributed by atoms with Gasteiger partial charge in [-0.05, 0) is 30.2 Å². The monoisotopic (exact) mass is 338 g/mol. The van der Waals surface area contributed by atoms with Gasteiger partial charge in [0.2, 0.25) is 0 Å².